The minimum Gasteiger partial charge on any atom is -0.411 e. The molecule has 0 saturated carbocycles. The van der Waals surface area contributed by atoms with E-state index in [0.29, 0.717) is 0 Å². The summed E-state index contributed by atoms with van der Waals surface area (Å²) in [6.07, 6.45) is 0. The van der Waals surface area contributed by atoms with Crippen LogP contribution in [-0.4, -0.2) is 5.97 Å². The van der Waals surface area contributed by atoms with Gasteiger partial charge in [0.25, 0.3) is 0 Å². The third kappa shape index (κ3) is 3.86. The van der Waals surface area contributed by atoms with Gasteiger partial charge in [-0.05, 0) is 18.2 Å². The van der Waals surface area contributed by atoms with E-state index in [1.54, 1.807) is 0 Å². The highest BCUT2D eigenvalue weighted by Crippen LogP contribution is 2.13. The molecular formula is C7H6Cl2O2. The van der Waals surface area contributed by atoms with Crippen LogP contribution in [0, 0.1) is 0 Å². The van der Waals surface area contributed by atoms with Gasteiger partial charge < -0.3 is 4.74 Å². The number of carbonyl (C=O) groups excluding carboxylic acids is 1. The van der Waals surface area contributed by atoms with Crippen LogP contribution in [0.5, 0.6) is 0 Å². The van der Waals surface area contributed by atoms with Crippen molar-refractivity contribution < 1.29 is 9.53 Å². The molecule has 0 fully saturated rings. The van der Waals surface area contributed by atoms with Crippen molar-refractivity contribution in [2.75, 3.05) is 0 Å². The van der Waals surface area contributed by atoms with E-state index in [1.807, 2.05) is 0 Å². The van der Waals surface area contributed by atoms with Crippen molar-refractivity contribution in [2.24, 2.45) is 0 Å². The van der Waals surface area contributed by atoms with E-state index < -0.39 is 5.97 Å². The summed E-state index contributed by atoms with van der Waals surface area (Å²) in [4.78, 5) is 10.8. The van der Waals surface area contributed by atoms with Gasteiger partial charge in [0.05, 0.1) is 5.57 Å². The molecule has 2 nitrogen and oxygen atoms in total. The monoisotopic (exact) mass is 192 g/mol. The molecule has 0 bridgehead atoms. The van der Waals surface area contributed by atoms with Crippen molar-refractivity contribution >= 4 is 29.2 Å². The van der Waals surface area contributed by atoms with E-state index in [1.165, 1.54) is 0 Å². The number of carbonyl (C=O) groups is 1. The van der Waals surface area contributed by atoms with Gasteiger partial charge in [0.1, 0.15) is 0 Å². The molecule has 0 heterocycles. The highest BCUT2D eigenvalue weighted by atomic mass is 35.5. The third-order valence-corrected chi connectivity index (χ3v) is 1.08. The highest BCUT2D eigenvalue weighted by Gasteiger charge is 2.10. The van der Waals surface area contributed by atoms with Crippen LogP contribution in [0.15, 0.2) is 35.6 Å². The number of hydrogen-bond acceptors (Lipinski definition) is 2. The largest absolute Gasteiger partial charge is 0.411 e. The standard InChI is InChI=1S/C7H6Cl2O2/c1-4(5(2)8)7(10)11-6(3)9/h1-3H2. The summed E-state index contributed by atoms with van der Waals surface area (Å²) in [5, 5.41) is -0.206. The molecule has 0 aliphatic heterocycles. The fraction of sp³-hybridized carbons (Fsp3) is 0. The second kappa shape index (κ2) is 4.21. The third-order valence-electron chi connectivity index (χ3n) is 0.777. The molecular weight excluding hydrogens is 187 g/mol. The van der Waals surface area contributed by atoms with Crippen molar-refractivity contribution in [1.29, 1.82) is 0 Å². The van der Waals surface area contributed by atoms with Crippen molar-refractivity contribution in [1.82, 2.24) is 0 Å². The van der Waals surface area contributed by atoms with E-state index in [0.717, 1.165) is 0 Å². The van der Waals surface area contributed by atoms with Crippen LogP contribution in [0.2, 0.25) is 0 Å². The zero-order chi connectivity index (χ0) is 9.02. The van der Waals surface area contributed by atoms with Gasteiger partial charge in [-0.2, -0.15) is 0 Å². The normalized spacial score (nSPS) is 8.55. The van der Waals surface area contributed by atoms with Crippen LogP contribution < -0.4 is 0 Å². The summed E-state index contributed by atoms with van der Waals surface area (Å²) in [5.41, 5.74) is -0.0338. The quantitative estimate of drug-likeness (QED) is 0.298. The Bertz CT molecular complexity index is 231. The molecule has 0 radical (unpaired) electrons. The van der Waals surface area contributed by atoms with E-state index in [9.17, 15) is 4.79 Å². The zero-order valence-electron chi connectivity index (χ0n) is 5.69. The molecule has 0 aromatic heterocycles. The number of halogens is 2. The van der Waals surface area contributed by atoms with Crippen LogP contribution in [0.4, 0.5) is 0 Å². The molecule has 60 valence electrons. The average molecular weight is 193 g/mol. The molecule has 0 atom stereocenters. The minimum atomic E-state index is -0.745. The Morgan fingerprint density at radius 2 is 1.64 bits per heavy atom. The smallest absolute Gasteiger partial charge is 0.345 e. The van der Waals surface area contributed by atoms with E-state index in [4.69, 9.17) is 23.2 Å². The average Bonchev–Trinajstić information content (AvgIpc) is 1.84. The van der Waals surface area contributed by atoms with Gasteiger partial charge in [-0.3, -0.25) is 0 Å². The summed E-state index contributed by atoms with van der Waals surface area (Å²) in [6, 6.07) is 0. The van der Waals surface area contributed by atoms with E-state index in [-0.39, 0.29) is 15.8 Å². The maximum atomic E-state index is 10.8. The lowest BCUT2D eigenvalue weighted by Crippen LogP contribution is -2.04. The lowest BCUT2D eigenvalue weighted by atomic mass is 10.3. The Labute approximate surface area is 74.7 Å². The Morgan fingerprint density at radius 1 is 1.18 bits per heavy atom. The molecule has 0 aliphatic rings. The molecule has 0 spiro atoms. The molecule has 0 aromatic rings. The first-order valence-electron chi connectivity index (χ1n) is 2.55. The van der Waals surface area contributed by atoms with Crippen molar-refractivity contribution in [3.8, 4) is 0 Å². The second-order valence-corrected chi connectivity index (χ2v) is 2.51. The first-order chi connectivity index (χ1) is 4.95. The predicted molar refractivity (Wildman–Crippen MR) is 45.2 cm³/mol. The summed E-state index contributed by atoms with van der Waals surface area (Å²) in [6.45, 7) is 9.72. The Morgan fingerprint density at radius 3 is 1.91 bits per heavy atom. The fourth-order valence-corrected chi connectivity index (χ4v) is 0.420. The fourth-order valence-electron chi connectivity index (χ4n) is 0.273. The molecule has 0 amide bonds. The van der Waals surface area contributed by atoms with Gasteiger partial charge in [-0.15, -0.1) is 0 Å². The lowest BCUT2D eigenvalue weighted by Gasteiger charge is -2.01. The van der Waals surface area contributed by atoms with Gasteiger partial charge in [0.2, 0.25) is 0 Å². The lowest BCUT2D eigenvalue weighted by molar-refractivity contribution is -0.133. The number of esters is 1. The van der Waals surface area contributed by atoms with Crippen molar-refractivity contribution in [3.63, 3.8) is 0 Å². The number of ether oxygens (including phenoxy) is 1. The van der Waals surface area contributed by atoms with Crippen LogP contribution in [-0.2, 0) is 9.53 Å². The SMILES string of the molecule is C=C(Cl)OC(=O)C(=C)C(=C)Cl. The summed E-state index contributed by atoms with van der Waals surface area (Å²) in [7, 11) is 0. The molecule has 11 heavy (non-hydrogen) atoms. The predicted octanol–water partition coefficient (Wildman–Crippen LogP) is 2.55. The Balaban J connectivity index is 4.16. The van der Waals surface area contributed by atoms with Crippen molar-refractivity contribution in [3.05, 3.63) is 35.6 Å². The van der Waals surface area contributed by atoms with E-state index >= 15 is 0 Å². The van der Waals surface area contributed by atoms with Gasteiger partial charge in [0.15, 0.2) is 5.22 Å². The molecule has 4 heteroatoms. The molecule has 0 aromatic carbocycles. The molecule has 0 rings (SSSR count). The number of rotatable bonds is 3. The first kappa shape index (κ1) is 10.3. The van der Waals surface area contributed by atoms with Crippen LogP contribution in [0.25, 0.3) is 0 Å². The van der Waals surface area contributed by atoms with Crippen LogP contribution >= 0.6 is 23.2 Å². The van der Waals surface area contributed by atoms with Crippen LogP contribution in [0.3, 0.4) is 0 Å². The maximum absolute atomic E-state index is 10.8. The molecule has 0 N–H and O–H groups in total. The molecule has 0 unspecified atom stereocenters. The maximum Gasteiger partial charge on any atom is 0.345 e. The summed E-state index contributed by atoms with van der Waals surface area (Å²) >= 11 is 10.5. The topological polar surface area (TPSA) is 26.3 Å². The van der Waals surface area contributed by atoms with Gasteiger partial charge in [0, 0.05) is 5.03 Å². The Kier molecular flexibility index (Phi) is 3.93. The zero-order valence-corrected chi connectivity index (χ0v) is 7.21. The first-order valence-corrected chi connectivity index (χ1v) is 3.31. The van der Waals surface area contributed by atoms with Gasteiger partial charge >= 0.3 is 5.97 Å². The number of hydrogen-bond donors (Lipinski definition) is 0. The molecule has 0 aliphatic carbocycles. The highest BCUT2D eigenvalue weighted by molar-refractivity contribution is 6.35. The van der Waals surface area contributed by atoms with Crippen LogP contribution in [0.1, 0.15) is 0 Å². The van der Waals surface area contributed by atoms with Gasteiger partial charge in [-0.1, -0.05) is 24.8 Å². The van der Waals surface area contributed by atoms with Gasteiger partial charge in [-0.25, -0.2) is 4.79 Å². The van der Waals surface area contributed by atoms with Crippen molar-refractivity contribution in [2.45, 2.75) is 0 Å². The Hall–Kier alpha value is -0.730. The second-order valence-electron chi connectivity index (χ2n) is 1.63. The molecule has 0 saturated heterocycles. The van der Waals surface area contributed by atoms with E-state index in [2.05, 4.69) is 24.5 Å². The summed E-state index contributed by atoms with van der Waals surface area (Å²) < 4.78 is 4.36. The minimum absolute atomic E-state index is 0.0212. The summed E-state index contributed by atoms with van der Waals surface area (Å²) in [5.74, 6) is -0.745.